The van der Waals surface area contributed by atoms with Gasteiger partial charge in [-0.3, -0.25) is 0 Å². The van der Waals surface area contributed by atoms with Crippen LogP contribution in [-0.4, -0.2) is 0 Å². The molecule has 0 amide bonds. The molecule has 0 aliphatic carbocycles. The summed E-state index contributed by atoms with van der Waals surface area (Å²) in [5, 5.41) is 7.39. The molecule has 9 aromatic carbocycles. The van der Waals surface area contributed by atoms with E-state index in [0.717, 1.165) is 67.5 Å². The minimum Gasteiger partial charge on any atom is -0.310 e. The lowest BCUT2D eigenvalue weighted by molar-refractivity contribution is 1.28. The molecule has 0 aliphatic heterocycles. The third kappa shape index (κ3) is 8.06. The van der Waals surface area contributed by atoms with Gasteiger partial charge in [-0.25, -0.2) is 0 Å². The Kier molecular flexibility index (Phi) is 11.6. The first-order valence-corrected chi connectivity index (χ1v) is 21.4. The molecule has 302 valence electrons. The second-order valence-electron chi connectivity index (χ2n) is 15.4. The van der Waals surface area contributed by atoms with E-state index in [9.17, 15) is 0 Å². The molecule has 0 radical (unpaired) electrons. The average Bonchev–Trinajstić information content (AvgIpc) is 3.34. The number of para-hydroxylation sites is 2. The molecular weight excluding hydrogens is 761 g/mol. The fourth-order valence-corrected chi connectivity index (χ4v) is 8.71. The van der Waals surface area contributed by atoms with E-state index in [4.69, 9.17) is 0 Å². The predicted molar refractivity (Wildman–Crippen MR) is 275 cm³/mol. The van der Waals surface area contributed by atoms with Crippen molar-refractivity contribution in [3.8, 4) is 11.1 Å². The molecule has 2 heteroatoms. The van der Waals surface area contributed by atoms with Gasteiger partial charge in [0.25, 0.3) is 0 Å². The Balaban J connectivity index is 1.15. The van der Waals surface area contributed by atoms with Gasteiger partial charge in [0.05, 0.1) is 0 Å². The zero-order valence-electron chi connectivity index (χ0n) is 35.5. The number of nitrogens with zero attached hydrogens (tertiary/aromatic N) is 2. The van der Waals surface area contributed by atoms with Crippen molar-refractivity contribution in [1.29, 1.82) is 0 Å². The molecule has 0 spiro atoms. The standard InChI is InChI=1S/C61H48N2/c1-5-18-44(8-4)46-29-34-52(35-30-46)63(53-36-31-47(32-37-53)45(19-6-2)20-7-3)54-26-17-21-48(41-54)49-33-39-58-59-40-38-55(43-61(59)57-28-16-15-27-56(57)60(58)42-49)62(50-22-11-9-12-23-50)51-24-13-10-14-25-51/h5-43H,1-2,4H2,3H3/b20-7-,44-18+,45-19+. The van der Waals surface area contributed by atoms with Gasteiger partial charge in [-0.1, -0.05) is 178 Å². The van der Waals surface area contributed by atoms with Crippen molar-refractivity contribution in [1.82, 2.24) is 0 Å². The van der Waals surface area contributed by atoms with E-state index in [1.165, 1.54) is 32.3 Å². The van der Waals surface area contributed by atoms with Crippen LogP contribution in [0.3, 0.4) is 0 Å². The van der Waals surface area contributed by atoms with Gasteiger partial charge in [-0.15, -0.1) is 0 Å². The number of allylic oxidation sites excluding steroid dienone is 9. The fourth-order valence-electron chi connectivity index (χ4n) is 8.71. The monoisotopic (exact) mass is 808 g/mol. The Morgan fingerprint density at radius 3 is 1.35 bits per heavy atom. The third-order valence-electron chi connectivity index (χ3n) is 11.6. The number of fused-ring (bicyclic) bond motifs is 6. The van der Waals surface area contributed by atoms with Crippen LogP contribution < -0.4 is 9.80 Å². The molecule has 0 aliphatic rings. The molecule has 0 saturated carbocycles. The lowest BCUT2D eigenvalue weighted by Crippen LogP contribution is -2.10. The van der Waals surface area contributed by atoms with Gasteiger partial charge in [-0.2, -0.15) is 0 Å². The van der Waals surface area contributed by atoms with Crippen molar-refractivity contribution in [3.63, 3.8) is 0 Å². The van der Waals surface area contributed by atoms with Gasteiger partial charge in [0.1, 0.15) is 0 Å². The maximum absolute atomic E-state index is 4.03. The van der Waals surface area contributed by atoms with Gasteiger partial charge < -0.3 is 9.80 Å². The molecule has 63 heavy (non-hydrogen) atoms. The SMILES string of the molecule is C=C/C=C(\C=C)c1ccc(N(c2ccc(C(/C=C\C)=C/C=C)cc2)c2cccc(-c3ccc4c5ccc(N(c6ccccc6)c6ccccc6)cc5c5ccccc5c4c3)c2)cc1. The van der Waals surface area contributed by atoms with Crippen LogP contribution in [0.1, 0.15) is 18.1 Å². The summed E-state index contributed by atoms with van der Waals surface area (Å²) in [5.74, 6) is 0. The normalized spacial score (nSPS) is 11.9. The van der Waals surface area contributed by atoms with Crippen LogP contribution in [0.2, 0.25) is 0 Å². The van der Waals surface area contributed by atoms with Crippen LogP contribution in [0.5, 0.6) is 0 Å². The molecule has 9 aromatic rings. The average molecular weight is 809 g/mol. The summed E-state index contributed by atoms with van der Waals surface area (Å²) in [6.07, 6.45) is 13.7. The van der Waals surface area contributed by atoms with Crippen LogP contribution in [-0.2, 0) is 0 Å². The first-order chi connectivity index (χ1) is 31.1. The number of benzene rings is 9. The Bertz CT molecular complexity index is 3150. The molecular formula is C61H48N2. The highest BCUT2D eigenvalue weighted by molar-refractivity contribution is 6.26. The second-order valence-corrected chi connectivity index (χ2v) is 15.4. The summed E-state index contributed by atoms with van der Waals surface area (Å²) in [4.78, 5) is 4.66. The van der Waals surface area contributed by atoms with E-state index in [-0.39, 0.29) is 0 Å². The minimum absolute atomic E-state index is 1.03. The number of anilines is 6. The quantitative estimate of drug-likeness (QED) is 0.0846. The molecule has 0 fully saturated rings. The van der Waals surface area contributed by atoms with Crippen molar-refractivity contribution < 1.29 is 0 Å². The predicted octanol–water partition coefficient (Wildman–Crippen LogP) is 17.7. The van der Waals surface area contributed by atoms with Crippen LogP contribution in [0.4, 0.5) is 34.1 Å². The summed E-state index contributed by atoms with van der Waals surface area (Å²) in [5.41, 5.74) is 13.2. The first kappa shape index (κ1) is 40.2. The number of hydrogen-bond acceptors (Lipinski definition) is 2. The first-order valence-electron chi connectivity index (χ1n) is 21.4. The molecule has 0 saturated heterocycles. The molecule has 2 nitrogen and oxygen atoms in total. The Labute approximate surface area is 371 Å². The minimum atomic E-state index is 1.03. The molecule has 0 aromatic heterocycles. The summed E-state index contributed by atoms with van der Waals surface area (Å²) < 4.78 is 0. The van der Waals surface area contributed by atoms with Crippen molar-refractivity contribution in [2.24, 2.45) is 0 Å². The van der Waals surface area contributed by atoms with E-state index in [1.807, 2.05) is 31.2 Å². The Morgan fingerprint density at radius 2 is 0.794 bits per heavy atom. The van der Waals surface area contributed by atoms with E-state index in [2.05, 4.69) is 236 Å². The fraction of sp³-hybridized carbons (Fsp3) is 0.0164. The van der Waals surface area contributed by atoms with Gasteiger partial charge in [-0.05, 0) is 152 Å². The van der Waals surface area contributed by atoms with E-state index in [0.29, 0.717) is 0 Å². The summed E-state index contributed by atoms with van der Waals surface area (Å²) in [7, 11) is 0. The highest BCUT2D eigenvalue weighted by atomic mass is 15.1. The molecule has 0 unspecified atom stereocenters. The van der Waals surface area contributed by atoms with Crippen LogP contribution >= 0.6 is 0 Å². The highest BCUT2D eigenvalue weighted by Gasteiger charge is 2.18. The van der Waals surface area contributed by atoms with Crippen molar-refractivity contribution in [2.45, 2.75) is 6.92 Å². The lowest BCUT2D eigenvalue weighted by Gasteiger charge is -2.26. The van der Waals surface area contributed by atoms with Crippen LogP contribution in [0.15, 0.2) is 256 Å². The molecule has 0 atom stereocenters. The van der Waals surface area contributed by atoms with Gasteiger partial charge in [0, 0.05) is 34.1 Å². The molecule has 0 heterocycles. The van der Waals surface area contributed by atoms with Crippen LogP contribution in [0.25, 0.3) is 54.6 Å². The maximum atomic E-state index is 4.03. The van der Waals surface area contributed by atoms with Crippen LogP contribution in [0, 0.1) is 0 Å². The smallest absolute Gasteiger partial charge is 0.0468 e. The van der Waals surface area contributed by atoms with E-state index < -0.39 is 0 Å². The zero-order valence-corrected chi connectivity index (χ0v) is 35.5. The summed E-state index contributed by atoms with van der Waals surface area (Å²) in [6, 6.07) is 70.2. The van der Waals surface area contributed by atoms with Gasteiger partial charge >= 0.3 is 0 Å². The second kappa shape index (κ2) is 18.2. The number of rotatable bonds is 13. The molecule has 0 N–H and O–H groups in total. The molecule has 9 rings (SSSR count). The zero-order chi connectivity index (χ0) is 43.1. The Hall–Kier alpha value is -8.20. The highest BCUT2D eigenvalue weighted by Crippen LogP contribution is 2.43. The topological polar surface area (TPSA) is 6.48 Å². The number of hydrogen-bond donors (Lipinski definition) is 0. The molecule has 0 bridgehead atoms. The van der Waals surface area contributed by atoms with Gasteiger partial charge in [0.15, 0.2) is 0 Å². The van der Waals surface area contributed by atoms with E-state index in [1.54, 1.807) is 6.08 Å². The third-order valence-corrected chi connectivity index (χ3v) is 11.6. The van der Waals surface area contributed by atoms with Gasteiger partial charge in [0.2, 0.25) is 0 Å². The van der Waals surface area contributed by atoms with Crippen molar-refractivity contribution in [3.05, 3.63) is 268 Å². The van der Waals surface area contributed by atoms with Crippen molar-refractivity contribution >= 4 is 77.6 Å². The van der Waals surface area contributed by atoms with E-state index >= 15 is 0 Å². The Morgan fingerprint density at radius 1 is 0.365 bits per heavy atom. The summed E-state index contributed by atoms with van der Waals surface area (Å²) >= 11 is 0. The summed E-state index contributed by atoms with van der Waals surface area (Å²) in [6.45, 7) is 13.9. The largest absolute Gasteiger partial charge is 0.310 e. The maximum Gasteiger partial charge on any atom is 0.0468 e. The van der Waals surface area contributed by atoms with Crippen molar-refractivity contribution in [2.75, 3.05) is 9.80 Å². The lowest BCUT2D eigenvalue weighted by atomic mass is 9.91.